The number of amides is 1. The number of carbonyl (C=O) groups is 2. The van der Waals surface area contributed by atoms with Gasteiger partial charge in [0.05, 0.1) is 38.2 Å². The molecule has 1 aromatic heterocycles. The molecule has 0 radical (unpaired) electrons. The molecule has 2 heterocycles. The monoisotopic (exact) mass is 596 g/mol. The number of para-hydroxylation sites is 2. The van der Waals surface area contributed by atoms with Crippen LogP contribution in [0.1, 0.15) is 43.9 Å². The number of H-pyrrole nitrogens is 1. The highest BCUT2D eigenvalue weighted by molar-refractivity contribution is 6.02. The third kappa shape index (κ3) is 5.62. The molecule has 228 valence electrons. The van der Waals surface area contributed by atoms with Crippen molar-refractivity contribution in [1.82, 2.24) is 10.3 Å². The van der Waals surface area contributed by atoms with Gasteiger partial charge in [0, 0.05) is 41.3 Å². The molecule has 1 atom stereocenters. The van der Waals surface area contributed by atoms with Crippen LogP contribution in [-0.4, -0.2) is 44.0 Å². The maximum absolute atomic E-state index is 14.0. The summed E-state index contributed by atoms with van der Waals surface area (Å²) in [5.41, 5.74) is 5.56. The highest BCUT2D eigenvalue weighted by Gasteiger charge is 2.42. The molecule has 6 rings (SSSR count). The Bertz CT molecular complexity index is 1780. The number of hydrogen-bond acceptors (Lipinski definition) is 6. The van der Waals surface area contributed by atoms with Crippen LogP contribution in [-0.2, 0) is 16.0 Å². The fourth-order valence-electron chi connectivity index (χ4n) is 6.50. The Morgan fingerprint density at radius 3 is 2.64 bits per heavy atom. The Morgan fingerprint density at radius 1 is 1.05 bits per heavy atom. The fraction of sp³-hybridized carbons (Fsp3) is 0.314. The van der Waals surface area contributed by atoms with Crippen molar-refractivity contribution in [1.29, 1.82) is 0 Å². The number of aromatic amines is 1. The molecule has 0 bridgehead atoms. The van der Waals surface area contributed by atoms with E-state index in [0.29, 0.717) is 42.9 Å². The molecule has 44 heavy (non-hydrogen) atoms. The highest BCUT2D eigenvalue weighted by atomic mass is 19.1. The Kier molecular flexibility index (Phi) is 7.80. The van der Waals surface area contributed by atoms with Crippen molar-refractivity contribution >= 4 is 34.0 Å². The predicted octanol–water partition coefficient (Wildman–Crippen LogP) is 6.30. The largest absolute Gasteiger partial charge is 0.493 e. The molecule has 0 fully saturated rings. The molecule has 1 amide bonds. The minimum absolute atomic E-state index is 0.00761. The second-order valence-corrected chi connectivity index (χ2v) is 12.2. The summed E-state index contributed by atoms with van der Waals surface area (Å²) in [5.74, 6) is 0.680. The van der Waals surface area contributed by atoms with Crippen molar-refractivity contribution in [3.8, 4) is 11.5 Å². The van der Waals surface area contributed by atoms with E-state index in [0.717, 1.165) is 39.1 Å². The minimum atomic E-state index is -0.549. The zero-order valence-corrected chi connectivity index (χ0v) is 25.4. The highest BCUT2D eigenvalue weighted by Crippen LogP contribution is 2.49. The summed E-state index contributed by atoms with van der Waals surface area (Å²) >= 11 is 0. The minimum Gasteiger partial charge on any atom is -0.493 e. The van der Waals surface area contributed by atoms with Crippen molar-refractivity contribution in [2.24, 2.45) is 5.41 Å². The Hall–Kier alpha value is -4.79. The van der Waals surface area contributed by atoms with Crippen molar-refractivity contribution in [3.63, 3.8) is 0 Å². The van der Waals surface area contributed by atoms with Crippen molar-refractivity contribution < 1.29 is 23.5 Å². The molecule has 3 N–H and O–H groups in total. The molecule has 9 heteroatoms. The number of carbonyl (C=O) groups excluding carboxylic acids is 2. The summed E-state index contributed by atoms with van der Waals surface area (Å²) in [5, 5.41) is 7.44. The lowest BCUT2D eigenvalue weighted by atomic mass is 9.73. The first-order chi connectivity index (χ1) is 21.2. The molecule has 2 aliphatic rings. The van der Waals surface area contributed by atoms with Gasteiger partial charge in [-0.3, -0.25) is 9.59 Å². The summed E-state index contributed by atoms with van der Waals surface area (Å²) in [4.78, 5) is 32.8. The summed E-state index contributed by atoms with van der Waals surface area (Å²) in [6.07, 6.45) is 3.48. The van der Waals surface area contributed by atoms with Gasteiger partial charge in [-0.25, -0.2) is 4.39 Å². The first-order valence-corrected chi connectivity index (χ1v) is 14.8. The molecule has 1 aliphatic heterocycles. The normalized spacial score (nSPS) is 17.4. The zero-order chi connectivity index (χ0) is 31.0. The second-order valence-electron chi connectivity index (χ2n) is 12.2. The van der Waals surface area contributed by atoms with Crippen molar-refractivity contribution in [2.75, 3.05) is 37.5 Å². The van der Waals surface area contributed by atoms with Gasteiger partial charge in [-0.2, -0.15) is 0 Å². The van der Waals surface area contributed by atoms with Crippen LogP contribution in [0.15, 0.2) is 78.1 Å². The van der Waals surface area contributed by atoms with E-state index in [4.69, 9.17) is 9.47 Å². The molecule has 8 nitrogen and oxygen atoms in total. The molecular weight excluding hydrogens is 559 g/mol. The van der Waals surface area contributed by atoms with Gasteiger partial charge in [0.2, 0.25) is 5.91 Å². The number of allylic oxidation sites excluding steroid dienone is 1. The molecule has 0 saturated carbocycles. The van der Waals surface area contributed by atoms with Crippen LogP contribution in [0.3, 0.4) is 0 Å². The lowest BCUT2D eigenvalue weighted by Gasteiger charge is -2.38. The van der Waals surface area contributed by atoms with Crippen LogP contribution in [0.25, 0.3) is 10.9 Å². The number of fused-ring (bicyclic) bond motifs is 2. The Labute approximate surface area is 256 Å². The second kappa shape index (κ2) is 11.7. The van der Waals surface area contributed by atoms with E-state index in [1.807, 2.05) is 53.6 Å². The number of hydrogen-bond donors (Lipinski definition) is 3. The van der Waals surface area contributed by atoms with E-state index in [-0.39, 0.29) is 29.5 Å². The third-order valence-corrected chi connectivity index (χ3v) is 8.49. The number of nitrogens with one attached hydrogen (secondary N) is 3. The third-order valence-electron chi connectivity index (χ3n) is 8.49. The lowest BCUT2D eigenvalue weighted by Crippen LogP contribution is -2.42. The molecule has 1 unspecified atom stereocenters. The van der Waals surface area contributed by atoms with Gasteiger partial charge in [0.1, 0.15) is 5.82 Å². The predicted molar refractivity (Wildman–Crippen MR) is 170 cm³/mol. The van der Waals surface area contributed by atoms with E-state index in [1.165, 1.54) is 12.1 Å². The Morgan fingerprint density at radius 2 is 1.84 bits per heavy atom. The van der Waals surface area contributed by atoms with Crippen LogP contribution in [0.2, 0.25) is 0 Å². The van der Waals surface area contributed by atoms with E-state index in [1.54, 1.807) is 20.3 Å². The molecular formula is C35H37FN4O4. The SMILES string of the molecule is COc1ccc(C2C3=C(CC(C)(C)CC3=O)Nc3ccccc3N2CC(=O)NCCc2c[nH]c3ccc(F)cc23)cc1OC. The average molecular weight is 597 g/mol. The van der Waals surface area contributed by atoms with Gasteiger partial charge >= 0.3 is 0 Å². The number of aromatic nitrogens is 1. The smallest absolute Gasteiger partial charge is 0.239 e. The number of benzene rings is 3. The van der Waals surface area contributed by atoms with Gasteiger partial charge in [-0.05, 0) is 71.8 Å². The summed E-state index contributed by atoms with van der Waals surface area (Å²) in [6.45, 7) is 4.59. The number of nitrogens with zero attached hydrogens (tertiary/aromatic N) is 1. The van der Waals surface area contributed by atoms with E-state index < -0.39 is 6.04 Å². The first-order valence-electron chi connectivity index (χ1n) is 14.8. The average Bonchev–Trinajstić information content (AvgIpc) is 3.33. The number of ketones is 1. The molecule has 4 aromatic rings. The van der Waals surface area contributed by atoms with Crippen LogP contribution >= 0.6 is 0 Å². The number of halogens is 1. The van der Waals surface area contributed by atoms with Gasteiger partial charge in [-0.15, -0.1) is 0 Å². The van der Waals surface area contributed by atoms with Crippen LogP contribution < -0.4 is 25.0 Å². The fourth-order valence-corrected chi connectivity index (χ4v) is 6.50. The summed E-state index contributed by atoms with van der Waals surface area (Å²) in [7, 11) is 3.16. The molecule has 3 aromatic carbocycles. The lowest BCUT2D eigenvalue weighted by molar-refractivity contribution is -0.120. The van der Waals surface area contributed by atoms with Crippen LogP contribution in [0.5, 0.6) is 11.5 Å². The first kappa shape index (κ1) is 29.3. The molecule has 0 spiro atoms. The van der Waals surface area contributed by atoms with Gasteiger partial charge in [-0.1, -0.05) is 32.0 Å². The number of anilines is 2. The van der Waals surface area contributed by atoms with E-state index in [9.17, 15) is 14.0 Å². The molecule has 0 saturated heterocycles. The maximum Gasteiger partial charge on any atom is 0.239 e. The van der Waals surface area contributed by atoms with Gasteiger partial charge in [0.15, 0.2) is 17.3 Å². The number of rotatable bonds is 8. The van der Waals surface area contributed by atoms with E-state index in [2.05, 4.69) is 29.5 Å². The van der Waals surface area contributed by atoms with Crippen molar-refractivity contribution in [2.45, 2.75) is 39.2 Å². The maximum atomic E-state index is 14.0. The van der Waals surface area contributed by atoms with Gasteiger partial charge < -0.3 is 30.0 Å². The topological polar surface area (TPSA) is 95.7 Å². The number of Topliss-reactive ketones (excluding diaryl/α,β-unsaturated/α-hetero) is 1. The summed E-state index contributed by atoms with van der Waals surface area (Å²) < 4.78 is 25.0. The quantitative estimate of drug-likeness (QED) is 0.221. The number of methoxy groups -OCH3 is 2. The molecule has 1 aliphatic carbocycles. The van der Waals surface area contributed by atoms with Crippen LogP contribution in [0.4, 0.5) is 15.8 Å². The van der Waals surface area contributed by atoms with Crippen molar-refractivity contribution in [3.05, 3.63) is 95.1 Å². The summed E-state index contributed by atoms with van der Waals surface area (Å²) in [6, 6.07) is 17.6. The van der Waals surface area contributed by atoms with Crippen LogP contribution in [0, 0.1) is 11.2 Å². The number of ether oxygens (including phenoxy) is 2. The zero-order valence-electron chi connectivity index (χ0n) is 25.4. The standard InChI is InChI=1S/C35H37FN4O4/c1-35(2)17-27-33(29(41)18-35)34(21-9-12-30(43-3)31(15-21)44-4)40(28-8-6-5-7-26(28)39-27)20-32(42)37-14-13-22-19-38-25-11-10-23(36)16-24(22)25/h5-12,15-16,19,34,38-39H,13-14,17-18,20H2,1-4H3,(H,37,42). The van der Waals surface area contributed by atoms with E-state index >= 15 is 0 Å². The van der Waals surface area contributed by atoms with Gasteiger partial charge in [0.25, 0.3) is 0 Å². The Balaban J connectivity index is 1.36.